The van der Waals surface area contributed by atoms with E-state index in [-0.39, 0.29) is 23.7 Å². The Labute approximate surface area is 94.1 Å². The number of imidazole rings is 1. The molecule has 0 aliphatic carbocycles. The molecule has 2 heterocycles. The lowest BCUT2D eigenvalue weighted by Gasteiger charge is -2.07. The molecule has 2 rings (SSSR count). The fraction of sp³-hybridized carbons (Fsp3) is 0.250. The lowest BCUT2D eigenvalue weighted by Crippen LogP contribution is -2.34. The molecule has 0 aliphatic heterocycles. The summed E-state index contributed by atoms with van der Waals surface area (Å²) < 4.78 is 1.37. The van der Waals surface area contributed by atoms with Gasteiger partial charge in [0.15, 0.2) is 11.2 Å². The van der Waals surface area contributed by atoms with Crippen LogP contribution in [0.1, 0.15) is 0 Å². The molecule has 0 saturated carbocycles. The van der Waals surface area contributed by atoms with E-state index in [1.165, 1.54) is 10.9 Å². The van der Waals surface area contributed by atoms with E-state index in [1.807, 2.05) is 0 Å². The summed E-state index contributed by atoms with van der Waals surface area (Å²) in [5.74, 6) is -1.21. The maximum atomic E-state index is 11.4. The van der Waals surface area contributed by atoms with Gasteiger partial charge in [-0.2, -0.15) is 4.98 Å². The monoisotopic (exact) mass is 238 g/mol. The van der Waals surface area contributed by atoms with Crippen molar-refractivity contribution >= 4 is 23.1 Å². The highest BCUT2D eigenvalue weighted by atomic mass is 16.4. The summed E-state index contributed by atoms with van der Waals surface area (Å²) in [7, 11) is 0. The zero-order valence-corrected chi connectivity index (χ0v) is 8.62. The van der Waals surface area contributed by atoms with Crippen LogP contribution in [0.2, 0.25) is 0 Å². The Hall–Kier alpha value is -2.42. The molecule has 0 spiro atoms. The third kappa shape index (κ3) is 1.95. The Morgan fingerprint density at radius 3 is 3.00 bits per heavy atom. The van der Waals surface area contributed by atoms with E-state index in [9.17, 15) is 9.59 Å². The van der Waals surface area contributed by atoms with Crippen molar-refractivity contribution in [1.29, 1.82) is 0 Å². The molecule has 0 aliphatic rings. The van der Waals surface area contributed by atoms with E-state index >= 15 is 0 Å². The molecule has 0 bridgehead atoms. The molecule has 90 valence electrons. The van der Waals surface area contributed by atoms with E-state index in [1.54, 1.807) is 0 Å². The SMILES string of the molecule is Nc1nc2c(ncn2C[C@@H](N)C(=O)O)c(=O)[nH]1. The molecule has 0 saturated heterocycles. The van der Waals surface area contributed by atoms with Gasteiger partial charge in [0.25, 0.3) is 5.56 Å². The summed E-state index contributed by atoms with van der Waals surface area (Å²) in [5, 5.41) is 8.69. The fourth-order valence-electron chi connectivity index (χ4n) is 1.39. The van der Waals surface area contributed by atoms with E-state index in [0.29, 0.717) is 0 Å². The largest absolute Gasteiger partial charge is 0.480 e. The van der Waals surface area contributed by atoms with E-state index in [0.717, 1.165) is 0 Å². The van der Waals surface area contributed by atoms with Gasteiger partial charge in [0, 0.05) is 0 Å². The average Bonchev–Trinajstić information content (AvgIpc) is 2.61. The molecule has 2 aromatic heterocycles. The standard InChI is InChI=1S/C8H10N6O3/c9-3(7(16)17)1-14-2-11-4-5(14)12-8(10)13-6(4)15/h2-3H,1,9H2,(H,16,17)(H3,10,12,13,15)/t3-/m1/s1. The van der Waals surface area contributed by atoms with Crippen molar-refractivity contribution < 1.29 is 9.90 Å². The van der Waals surface area contributed by atoms with Gasteiger partial charge in [0.05, 0.1) is 12.9 Å². The Balaban J connectivity index is 2.49. The smallest absolute Gasteiger partial charge is 0.322 e. The number of aromatic nitrogens is 4. The first-order chi connectivity index (χ1) is 7.99. The molecule has 9 nitrogen and oxygen atoms in total. The maximum absolute atomic E-state index is 11.4. The number of aliphatic carboxylic acids is 1. The number of hydrogen-bond acceptors (Lipinski definition) is 6. The first kappa shape index (κ1) is 11.1. The lowest BCUT2D eigenvalue weighted by molar-refractivity contribution is -0.138. The minimum absolute atomic E-state index is 0.0400. The van der Waals surface area contributed by atoms with Crippen molar-refractivity contribution in [2.24, 2.45) is 5.73 Å². The Kier molecular flexibility index (Phi) is 2.52. The summed E-state index contributed by atoms with van der Waals surface area (Å²) in [4.78, 5) is 32.1. The number of carboxylic acids is 1. The molecule has 0 radical (unpaired) electrons. The maximum Gasteiger partial charge on any atom is 0.322 e. The molecule has 2 aromatic rings. The Bertz CT molecular complexity index is 630. The Morgan fingerprint density at radius 1 is 1.65 bits per heavy atom. The number of nitrogens with zero attached hydrogens (tertiary/aromatic N) is 3. The van der Waals surface area contributed by atoms with E-state index < -0.39 is 17.6 Å². The van der Waals surface area contributed by atoms with Crippen molar-refractivity contribution in [1.82, 2.24) is 19.5 Å². The van der Waals surface area contributed by atoms with Gasteiger partial charge in [-0.05, 0) is 0 Å². The predicted octanol–water partition coefficient (Wildman–Crippen LogP) is -1.89. The predicted molar refractivity (Wildman–Crippen MR) is 58.2 cm³/mol. The molecule has 17 heavy (non-hydrogen) atoms. The first-order valence-electron chi connectivity index (χ1n) is 4.68. The van der Waals surface area contributed by atoms with Crippen LogP contribution >= 0.6 is 0 Å². The van der Waals surface area contributed by atoms with Crippen LogP contribution in [0, 0.1) is 0 Å². The van der Waals surface area contributed by atoms with Crippen LogP contribution in [0.15, 0.2) is 11.1 Å². The molecule has 0 aromatic carbocycles. The van der Waals surface area contributed by atoms with Gasteiger partial charge >= 0.3 is 5.97 Å². The summed E-state index contributed by atoms with van der Waals surface area (Å²) >= 11 is 0. The quantitative estimate of drug-likeness (QED) is 0.487. The summed E-state index contributed by atoms with van der Waals surface area (Å²) in [6, 6.07) is -1.10. The number of nitrogens with two attached hydrogens (primary N) is 2. The number of anilines is 1. The average molecular weight is 238 g/mol. The van der Waals surface area contributed by atoms with E-state index in [4.69, 9.17) is 16.6 Å². The number of carbonyl (C=O) groups is 1. The highest BCUT2D eigenvalue weighted by molar-refractivity contribution is 5.74. The zero-order chi connectivity index (χ0) is 12.6. The number of rotatable bonds is 3. The minimum Gasteiger partial charge on any atom is -0.480 e. The molecular formula is C8H10N6O3. The first-order valence-corrected chi connectivity index (χ1v) is 4.68. The van der Waals surface area contributed by atoms with Gasteiger partial charge in [-0.3, -0.25) is 14.6 Å². The van der Waals surface area contributed by atoms with Crippen LogP contribution in [0.25, 0.3) is 11.2 Å². The second kappa shape index (κ2) is 3.87. The topological polar surface area (TPSA) is 153 Å². The summed E-state index contributed by atoms with van der Waals surface area (Å²) in [6.07, 6.45) is 1.30. The molecule has 9 heteroatoms. The van der Waals surface area contributed by atoms with Gasteiger partial charge in [-0.1, -0.05) is 0 Å². The van der Waals surface area contributed by atoms with Gasteiger partial charge in [0.1, 0.15) is 6.04 Å². The molecule has 0 amide bonds. The zero-order valence-electron chi connectivity index (χ0n) is 8.62. The van der Waals surface area contributed by atoms with Gasteiger partial charge in [-0.15, -0.1) is 0 Å². The van der Waals surface area contributed by atoms with Crippen molar-refractivity contribution in [3.8, 4) is 0 Å². The van der Waals surface area contributed by atoms with Crippen LogP contribution in [-0.2, 0) is 11.3 Å². The fourth-order valence-corrected chi connectivity index (χ4v) is 1.39. The number of fused-ring (bicyclic) bond motifs is 1. The van der Waals surface area contributed by atoms with Crippen molar-refractivity contribution in [3.05, 3.63) is 16.7 Å². The number of hydrogen-bond donors (Lipinski definition) is 4. The van der Waals surface area contributed by atoms with Crippen molar-refractivity contribution in [3.63, 3.8) is 0 Å². The van der Waals surface area contributed by atoms with Crippen LogP contribution < -0.4 is 17.0 Å². The van der Waals surface area contributed by atoms with Gasteiger partial charge in [-0.25, -0.2) is 4.98 Å². The number of carboxylic acid groups (broad SMARTS) is 1. The minimum atomic E-state index is -1.15. The summed E-state index contributed by atoms with van der Waals surface area (Å²) in [5.41, 5.74) is 10.6. The molecular weight excluding hydrogens is 228 g/mol. The van der Waals surface area contributed by atoms with Gasteiger partial charge < -0.3 is 21.1 Å². The molecule has 0 unspecified atom stereocenters. The third-order valence-electron chi connectivity index (χ3n) is 2.20. The normalized spacial score (nSPS) is 12.8. The molecule has 0 fully saturated rings. The summed E-state index contributed by atoms with van der Waals surface area (Å²) in [6.45, 7) is -0.0400. The number of aromatic amines is 1. The second-order valence-corrected chi connectivity index (χ2v) is 3.47. The lowest BCUT2D eigenvalue weighted by atomic mass is 10.3. The molecule has 1 atom stereocenters. The highest BCUT2D eigenvalue weighted by Gasteiger charge is 2.15. The third-order valence-corrected chi connectivity index (χ3v) is 2.20. The number of H-pyrrole nitrogens is 1. The van der Waals surface area contributed by atoms with Crippen LogP contribution in [-0.4, -0.2) is 36.6 Å². The highest BCUT2D eigenvalue weighted by Crippen LogP contribution is 2.06. The number of nitrogens with one attached hydrogen (secondary N) is 1. The second-order valence-electron chi connectivity index (χ2n) is 3.47. The molecule has 6 N–H and O–H groups in total. The van der Waals surface area contributed by atoms with Crippen LogP contribution in [0.4, 0.5) is 5.95 Å². The van der Waals surface area contributed by atoms with E-state index in [2.05, 4.69) is 15.0 Å². The Morgan fingerprint density at radius 2 is 2.35 bits per heavy atom. The number of nitrogen functional groups attached to an aromatic ring is 1. The van der Waals surface area contributed by atoms with Crippen molar-refractivity contribution in [2.45, 2.75) is 12.6 Å². The van der Waals surface area contributed by atoms with Crippen LogP contribution in [0.3, 0.4) is 0 Å². The van der Waals surface area contributed by atoms with Crippen molar-refractivity contribution in [2.75, 3.05) is 5.73 Å². The van der Waals surface area contributed by atoms with Crippen LogP contribution in [0.5, 0.6) is 0 Å². The van der Waals surface area contributed by atoms with Gasteiger partial charge in [0.2, 0.25) is 5.95 Å².